The lowest BCUT2D eigenvalue weighted by Gasteiger charge is -2.18. The van der Waals surface area contributed by atoms with Gasteiger partial charge in [-0.2, -0.15) is 0 Å². The van der Waals surface area contributed by atoms with Gasteiger partial charge in [-0.05, 0) is 12.8 Å². The number of hydrogen-bond donors (Lipinski definition) is 13. The minimum Gasteiger partial charge on any atom is -0.481 e. The molecule has 0 bridgehead atoms. The molecule has 0 aliphatic rings. The predicted octanol–water partition coefficient (Wildman–Crippen LogP) is -8.30. The number of amides is 7. The van der Waals surface area contributed by atoms with E-state index in [1.807, 2.05) is 0 Å². The van der Waals surface area contributed by atoms with Crippen LogP contribution in [0.1, 0.15) is 19.3 Å². The monoisotopic (exact) mass is 709 g/mol. The summed E-state index contributed by atoms with van der Waals surface area (Å²) in [6, 6.07) is -4.54. The third kappa shape index (κ3) is 20.6. The first-order chi connectivity index (χ1) is 22.4. The second-order valence-electron chi connectivity index (χ2n) is 9.43. The first-order valence-corrected chi connectivity index (χ1v) is 15.0. The second kappa shape index (κ2) is 23.0. The Morgan fingerprint density at radius 1 is 0.667 bits per heavy atom. The lowest BCUT2D eigenvalue weighted by Crippen LogP contribution is -2.53. The van der Waals surface area contributed by atoms with E-state index < -0.39 is 127 Å². The Labute approximate surface area is 274 Å². The van der Waals surface area contributed by atoms with Crippen LogP contribution >= 0.6 is 0 Å². The number of nitrogens with one attached hydrogen (secondary N) is 7. The van der Waals surface area contributed by atoms with Crippen LogP contribution in [0.5, 0.6) is 0 Å². The third-order valence-corrected chi connectivity index (χ3v) is 6.11. The Balaban J connectivity index is 4.78. The molecule has 24 nitrogen and oxygen atoms in total. The molecule has 25 heteroatoms. The topological polar surface area (TPSA) is 406 Å². The van der Waals surface area contributed by atoms with E-state index in [0.717, 1.165) is 0 Å². The molecule has 0 aromatic rings. The maximum atomic E-state index is 12.5. The quantitative estimate of drug-likeness (QED) is 0.0203. The van der Waals surface area contributed by atoms with E-state index in [2.05, 4.69) is 42.2 Å². The number of carbonyl (C=O) groups is 9. The van der Waals surface area contributed by atoms with Crippen molar-refractivity contribution in [3.8, 4) is 0 Å². The first kappa shape index (κ1) is 42.6. The Morgan fingerprint density at radius 3 is 1.60 bits per heavy atom. The Hall–Kier alpha value is -5.43. The lowest BCUT2D eigenvalue weighted by atomic mass is 10.1. The zero-order chi connectivity index (χ0) is 36.8. The van der Waals surface area contributed by atoms with Gasteiger partial charge in [0.1, 0.15) is 18.1 Å². The highest BCUT2D eigenvalue weighted by Gasteiger charge is 2.26. The molecular weight excluding hydrogens is 670 g/mol. The van der Waals surface area contributed by atoms with Gasteiger partial charge in [0.2, 0.25) is 41.4 Å². The standard InChI is InChI=1S/C23H39N11O13S/c24-5-14(35)34-13(10-48(46)47)21(43)30-7-16(37)28-6-15(36)29-8-17(38)33-12(4-19(40)41)20(42)31-9-18(39)32-11(22(44)45)2-1-3-27-23(25)26/h11-13H,1-10,24H2,(H,28,37)(H,29,36)(H,30,43)(H,31,42)(H,32,39)(H,33,38)(H,34,35)(H,40,41)(H,44,45)(H,46,47)(H4,25,26,27)/t11-,12-,13-/m0/s1. The summed E-state index contributed by atoms with van der Waals surface area (Å²) in [5, 5.41) is 33.0. The normalized spacial score (nSPS) is 12.8. The molecule has 0 aromatic carbocycles. The SMILES string of the molecule is NCC(=O)N[C@@H](CS(=O)O)C(=O)NCC(=O)NCC(=O)NCC(=O)N[C@@H](CC(=O)O)C(=O)NCC(=O)N[C@@H](CCCN=C(N)N)C(=O)O. The van der Waals surface area contributed by atoms with Crippen molar-refractivity contribution in [2.75, 3.05) is 45.0 Å². The molecule has 7 amide bonds. The summed E-state index contributed by atoms with van der Waals surface area (Å²) in [6.07, 6.45) is -0.783. The lowest BCUT2D eigenvalue weighted by molar-refractivity contribution is -0.142. The van der Waals surface area contributed by atoms with E-state index in [1.54, 1.807) is 0 Å². The summed E-state index contributed by atoms with van der Waals surface area (Å²) < 4.78 is 20.0. The Bertz CT molecular complexity index is 1260. The number of aliphatic carboxylic acids is 2. The minimum absolute atomic E-state index is 0.0537. The van der Waals surface area contributed by atoms with Crippen molar-refractivity contribution in [3.63, 3.8) is 0 Å². The number of carboxylic acids is 2. The highest BCUT2D eigenvalue weighted by molar-refractivity contribution is 7.79. The molecule has 16 N–H and O–H groups in total. The molecule has 0 saturated heterocycles. The van der Waals surface area contributed by atoms with Crippen LogP contribution < -0.4 is 54.4 Å². The van der Waals surface area contributed by atoms with Crippen LogP contribution in [-0.4, -0.2) is 141 Å². The number of hydrogen-bond acceptors (Lipinski definition) is 12. The summed E-state index contributed by atoms with van der Waals surface area (Å²) in [7, 11) is 0. The number of carboxylic acid groups (broad SMARTS) is 2. The molecule has 0 aliphatic carbocycles. The molecule has 0 aromatic heterocycles. The number of aliphatic imine (C=N–C) groups is 1. The van der Waals surface area contributed by atoms with Crippen molar-refractivity contribution >= 4 is 70.3 Å². The van der Waals surface area contributed by atoms with Gasteiger partial charge in [0.15, 0.2) is 17.0 Å². The van der Waals surface area contributed by atoms with Gasteiger partial charge >= 0.3 is 11.9 Å². The summed E-state index contributed by atoms with van der Waals surface area (Å²) in [4.78, 5) is 111. The van der Waals surface area contributed by atoms with Gasteiger partial charge in [-0.25, -0.2) is 9.00 Å². The fraction of sp³-hybridized carbons (Fsp3) is 0.565. The third-order valence-electron chi connectivity index (χ3n) is 5.49. The smallest absolute Gasteiger partial charge is 0.326 e. The maximum Gasteiger partial charge on any atom is 0.326 e. The maximum absolute atomic E-state index is 12.5. The summed E-state index contributed by atoms with van der Waals surface area (Å²) in [6.45, 7) is -3.37. The molecule has 0 rings (SSSR count). The zero-order valence-electron chi connectivity index (χ0n) is 25.3. The van der Waals surface area contributed by atoms with E-state index in [1.165, 1.54) is 0 Å². The van der Waals surface area contributed by atoms with Gasteiger partial charge in [0, 0.05) is 6.54 Å². The molecule has 270 valence electrons. The Kier molecular flexibility index (Phi) is 20.4. The van der Waals surface area contributed by atoms with Crippen LogP contribution in [0, 0.1) is 0 Å². The molecule has 0 heterocycles. The molecule has 0 fully saturated rings. The van der Waals surface area contributed by atoms with Crippen LogP contribution in [0.25, 0.3) is 0 Å². The van der Waals surface area contributed by atoms with Crippen LogP contribution in [0.4, 0.5) is 0 Å². The highest BCUT2D eigenvalue weighted by atomic mass is 32.2. The minimum atomic E-state index is -2.48. The molecule has 0 aliphatic heterocycles. The summed E-state index contributed by atoms with van der Waals surface area (Å²) in [5.41, 5.74) is 15.5. The average Bonchev–Trinajstić information content (AvgIpc) is 3.00. The Morgan fingerprint density at radius 2 is 1.12 bits per heavy atom. The predicted molar refractivity (Wildman–Crippen MR) is 162 cm³/mol. The average molecular weight is 710 g/mol. The van der Waals surface area contributed by atoms with Crippen molar-refractivity contribution in [1.29, 1.82) is 0 Å². The van der Waals surface area contributed by atoms with E-state index >= 15 is 0 Å². The molecule has 1 unspecified atom stereocenters. The van der Waals surface area contributed by atoms with E-state index in [9.17, 15) is 52.5 Å². The molecule has 4 atom stereocenters. The van der Waals surface area contributed by atoms with Gasteiger partial charge in [0.05, 0.1) is 44.9 Å². The van der Waals surface area contributed by atoms with Gasteiger partial charge < -0.3 is 69.2 Å². The van der Waals surface area contributed by atoms with Crippen LogP contribution in [0.2, 0.25) is 0 Å². The molecule has 48 heavy (non-hydrogen) atoms. The number of guanidine groups is 1. The van der Waals surface area contributed by atoms with Crippen molar-refractivity contribution in [1.82, 2.24) is 37.2 Å². The van der Waals surface area contributed by atoms with Crippen molar-refractivity contribution in [2.45, 2.75) is 37.4 Å². The number of carbonyl (C=O) groups excluding carboxylic acids is 7. The summed E-state index contributed by atoms with van der Waals surface area (Å²) >= 11 is -2.48. The zero-order valence-corrected chi connectivity index (χ0v) is 26.1. The van der Waals surface area contributed by atoms with E-state index in [4.69, 9.17) is 26.9 Å². The fourth-order valence-corrected chi connectivity index (χ4v) is 3.80. The molecule has 0 spiro atoms. The number of nitrogens with two attached hydrogens (primary N) is 3. The fourth-order valence-electron chi connectivity index (χ4n) is 3.28. The summed E-state index contributed by atoms with van der Waals surface area (Å²) in [5.74, 6) is -10.5. The van der Waals surface area contributed by atoms with Crippen molar-refractivity contribution < 1.29 is 62.1 Å². The van der Waals surface area contributed by atoms with Crippen molar-refractivity contribution in [3.05, 3.63) is 0 Å². The van der Waals surface area contributed by atoms with Crippen LogP contribution in [0.3, 0.4) is 0 Å². The van der Waals surface area contributed by atoms with E-state index in [-0.39, 0.29) is 25.3 Å². The van der Waals surface area contributed by atoms with Gasteiger partial charge in [-0.1, -0.05) is 0 Å². The van der Waals surface area contributed by atoms with Crippen LogP contribution in [-0.2, 0) is 54.2 Å². The van der Waals surface area contributed by atoms with Crippen molar-refractivity contribution in [2.24, 2.45) is 22.2 Å². The van der Waals surface area contributed by atoms with Gasteiger partial charge in [-0.15, -0.1) is 0 Å². The van der Waals surface area contributed by atoms with Gasteiger partial charge in [0.25, 0.3) is 0 Å². The van der Waals surface area contributed by atoms with Gasteiger partial charge in [-0.3, -0.25) is 43.3 Å². The van der Waals surface area contributed by atoms with E-state index in [0.29, 0.717) is 0 Å². The molecule has 0 radical (unpaired) electrons. The number of rotatable bonds is 23. The molecular formula is C23H39N11O13S. The first-order valence-electron chi connectivity index (χ1n) is 13.7. The number of nitrogens with zero attached hydrogens (tertiary/aromatic N) is 1. The highest BCUT2D eigenvalue weighted by Crippen LogP contribution is 1.99. The second-order valence-corrected chi connectivity index (χ2v) is 10.4. The largest absolute Gasteiger partial charge is 0.481 e. The van der Waals surface area contributed by atoms with Crippen LogP contribution in [0.15, 0.2) is 4.99 Å². The molecule has 0 saturated carbocycles.